The number of nitrogens with zero attached hydrogens (tertiary/aromatic N) is 1. The predicted molar refractivity (Wildman–Crippen MR) is 53.0 cm³/mol. The number of rotatable bonds is 0. The molecule has 1 aromatic heterocycles. The quantitative estimate of drug-likeness (QED) is 0.683. The average molecular weight is 192 g/mol. The fraction of sp³-hybridized carbons (Fsp3) is 0.727. The normalized spacial score (nSPS) is 24.9. The van der Waals surface area contributed by atoms with Gasteiger partial charge in [-0.2, -0.15) is 0 Å². The van der Waals surface area contributed by atoms with Crippen LogP contribution in [0.3, 0.4) is 0 Å². The van der Waals surface area contributed by atoms with Gasteiger partial charge in [-0.1, -0.05) is 24.4 Å². The Labute approximate surface area is 83.9 Å². The highest BCUT2D eigenvalue weighted by Gasteiger charge is 2.41. The zero-order valence-electron chi connectivity index (χ0n) is 8.38. The van der Waals surface area contributed by atoms with Crippen molar-refractivity contribution >= 4 is 0 Å². The summed E-state index contributed by atoms with van der Waals surface area (Å²) in [5, 5.41) is 7.43. The van der Waals surface area contributed by atoms with Gasteiger partial charge in [0.1, 0.15) is 5.76 Å². The van der Waals surface area contributed by atoms with Gasteiger partial charge in [0, 0.05) is 24.1 Å². The summed E-state index contributed by atoms with van der Waals surface area (Å²) in [6, 6.07) is 0. The van der Waals surface area contributed by atoms with Crippen molar-refractivity contribution < 1.29 is 4.52 Å². The Morgan fingerprint density at radius 2 is 2.14 bits per heavy atom. The van der Waals surface area contributed by atoms with Crippen LogP contribution in [0.25, 0.3) is 0 Å². The lowest BCUT2D eigenvalue weighted by Crippen LogP contribution is -2.43. The lowest BCUT2D eigenvalue weighted by molar-refractivity contribution is 0.201. The standard InChI is InChI=1S/C11H16N2O/c1-2-4-11(5-3-1)8-12-6-9-7-13-14-10(9)11/h7,12H,1-6,8H2. The Kier molecular flexibility index (Phi) is 1.87. The van der Waals surface area contributed by atoms with Crippen LogP contribution in [0.5, 0.6) is 0 Å². The second kappa shape index (κ2) is 3.09. The SMILES string of the molecule is c1noc2c1CNCC21CCCCC1. The summed E-state index contributed by atoms with van der Waals surface area (Å²) in [5.74, 6) is 1.18. The Bertz CT molecular complexity index is 326. The van der Waals surface area contributed by atoms with Crippen molar-refractivity contribution in [2.45, 2.75) is 44.1 Å². The van der Waals surface area contributed by atoms with Crippen LogP contribution in [-0.4, -0.2) is 11.7 Å². The molecule has 0 atom stereocenters. The van der Waals surface area contributed by atoms with Gasteiger partial charge >= 0.3 is 0 Å². The van der Waals surface area contributed by atoms with Crippen LogP contribution >= 0.6 is 0 Å². The molecule has 1 saturated carbocycles. The van der Waals surface area contributed by atoms with Crippen LogP contribution < -0.4 is 5.32 Å². The van der Waals surface area contributed by atoms with E-state index in [0.717, 1.165) is 13.1 Å². The van der Waals surface area contributed by atoms with Crippen molar-refractivity contribution in [3.8, 4) is 0 Å². The Hall–Kier alpha value is -0.830. The summed E-state index contributed by atoms with van der Waals surface area (Å²) >= 11 is 0. The van der Waals surface area contributed by atoms with Gasteiger partial charge in [-0.05, 0) is 12.8 Å². The summed E-state index contributed by atoms with van der Waals surface area (Å²) in [6.45, 7) is 2.01. The monoisotopic (exact) mass is 192 g/mol. The Morgan fingerprint density at radius 1 is 1.29 bits per heavy atom. The van der Waals surface area contributed by atoms with Gasteiger partial charge in [-0.15, -0.1) is 0 Å². The van der Waals surface area contributed by atoms with Crippen molar-refractivity contribution in [1.29, 1.82) is 0 Å². The first-order valence-electron chi connectivity index (χ1n) is 5.55. The number of nitrogens with one attached hydrogen (secondary N) is 1. The van der Waals surface area contributed by atoms with Crippen LogP contribution in [0.2, 0.25) is 0 Å². The molecule has 1 aromatic rings. The van der Waals surface area contributed by atoms with Gasteiger partial charge in [0.15, 0.2) is 0 Å². The van der Waals surface area contributed by atoms with E-state index in [0.29, 0.717) is 0 Å². The molecule has 1 spiro atoms. The fourth-order valence-electron chi connectivity index (χ4n) is 2.97. The molecular formula is C11H16N2O. The molecule has 0 radical (unpaired) electrons. The van der Waals surface area contributed by atoms with E-state index in [1.54, 1.807) is 0 Å². The number of fused-ring (bicyclic) bond motifs is 2. The predicted octanol–water partition coefficient (Wildman–Crippen LogP) is 1.98. The van der Waals surface area contributed by atoms with Gasteiger partial charge in [-0.25, -0.2) is 0 Å². The zero-order chi connectivity index (χ0) is 9.43. The van der Waals surface area contributed by atoms with E-state index in [-0.39, 0.29) is 5.41 Å². The minimum Gasteiger partial charge on any atom is -0.360 e. The summed E-state index contributed by atoms with van der Waals surface area (Å²) in [7, 11) is 0. The average Bonchev–Trinajstić information content (AvgIpc) is 2.69. The number of hydrogen-bond donors (Lipinski definition) is 1. The maximum Gasteiger partial charge on any atom is 0.148 e. The van der Waals surface area contributed by atoms with E-state index < -0.39 is 0 Å². The number of hydrogen-bond acceptors (Lipinski definition) is 3. The lowest BCUT2D eigenvalue weighted by Gasteiger charge is -2.38. The molecule has 3 heteroatoms. The molecule has 1 fully saturated rings. The molecule has 1 aliphatic heterocycles. The van der Waals surface area contributed by atoms with E-state index in [1.807, 2.05) is 6.20 Å². The van der Waals surface area contributed by atoms with E-state index in [9.17, 15) is 0 Å². The number of aromatic nitrogens is 1. The Balaban J connectivity index is 2.01. The second-order valence-electron chi connectivity index (χ2n) is 4.62. The van der Waals surface area contributed by atoms with Crippen LogP contribution in [0.1, 0.15) is 43.4 Å². The Morgan fingerprint density at radius 3 is 3.00 bits per heavy atom. The smallest absolute Gasteiger partial charge is 0.148 e. The third kappa shape index (κ3) is 1.12. The maximum atomic E-state index is 5.46. The zero-order valence-corrected chi connectivity index (χ0v) is 8.38. The minimum absolute atomic E-state index is 0.280. The topological polar surface area (TPSA) is 38.1 Å². The summed E-state index contributed by atoms with van der Waals surface area (Å²) < 4.78 is 5.46. The highest BCUT2D eigenvalue weighted by Crippen LogP contribution is 2.42. The highest BCUT2D eigenvalue weighted by molar-refractivity contribution is 5.27. The molecule has 0 saturated heterocycles. The molecule has 1 N–H and O–H groups in total. The molecule has 1 aliphatic carbocycles. The van der Waals surface area contributed by atoms with Crippen molar-refractivity contribution in [3.63, 3.8) is 0 Å². The van der Waals surface area contributed by atoms with E-state index >= 15 is 0 Å². The first-order chi connectivity index (χ1) is 6.91. The molecule has 0 amide bonds. The van der Waals surface area contributed by atoms with Gasteiger partial charge < -0.3 is 9.84 Å². The van der Waals surface area contributed by atoms with Gasteiger partial charge in [0.2, 0.25) is 0 Å². The van der Waals surface area contributed by atoms with Crippen molar-refractivity contribution in [3.05, 3.63) is 17.5 Å². The summed E-state index contributed by atoms with van der Waals surface area (Å²) in [5.41, 5.74) is 1.56. The molecule has 0 bridgehead atoms. The highest BCUT2D eigenvalue weighted by atomic mass is 16.5. The molecule has 3 rings (SSSR count). The van der Waals surface area contributed by atoms with Gasteiger partial charge in [0.25, 0.3) is 0 Å². The molecule has 2 heterocycles. The molecule has 0 aromatic carbocycles. The van der Waals surface area contributed by atoms with Gasteiger partial charge in [0.05, 0.1) is 6.20 Å². The first-order valence-corrected chi connectivity index (χ1v) is 5.55. The fourth-order valence-corrected chi connectivity index (χ4v) is 2.97. The minimum atomic E-state index is 0.280. The largest absolute Gasteiger partial charge is 0.360 e. The van der Waals surface area contributed by atoms with Crippen molar-refractivity contribution in [2.75, 3.05) is 6.54 Å². The maximum absolute atomic E-state index is 5.46. The lowest BCUT2D eigenvalue weighted by atomic mass is 9.70. The summed E-state index contributed by atoms with van der Waals surface area (Å²) in [6.07, 6.45) is 8.46. The third-order valence-corrected chi connectivity index (χ3v) is 3.72. The van der Waals surface area contributed by atoms with E-state index in [1.165, 1.54) is 43.4 Å². The molecule has 3 nitrogen and oxygen atoms in total. The van der Waals surface area contributed by atoms with Crippen LogP contribution in [-0.2, 0) is 12.0 Å². The summed E-state index contributed by atoms with van der Waals surface area (Å²) in [4.78, 5) is 0. The third-order valence-electron chi connectivity index (χ3n) is 3.72. The van der Waals surface area contributed by atoms with Gasteiger partial charge in [-0.3, -0.25) is 0 Å². The van der Waals surface area contributed by atoms with Crippen LogP contribution in [0.4, 0.5) is 0 Å². The van der Waals surface area contributed by atoms with E-state index in [4.69, 9.17) is 4.52 Å². The van der Waals surface area contributed by atoms with Crippen molar-refractivity contribution in [2.24, 2.45) is 0 Å². The van der Waals surface area contributed by atoms with E-state index in [2.05, 4.69) is 10.5 Å². The molecule has 14 heavy (non-hydrogen) atoms. The second-order valence-corrected chi connectivity index (χ2v) is 4.62. The first kappa shape index (κ1) is 8.48. The van der Waals surface area contributed by atoms with Crippen molar-refractivity contribution in [1.82, 2.24) is 10.5 Å². The van der Waals surface area contributed by atoms with Crippen LogP contribution in [0, 0.1) is 0 Å². The molecule has 76 valence electrons. The molecular weight excluding hydrogens is 176 g/mol. The molecule has 2 aliphatic rings. The molecule has 0 unspecified atom stereocenters. The van der Waals surface area contributed by atoms with Crippen LogP contribution in [0.15, 0.2) is 10.7 Å².